The molecule has 0 saturated carbocycles. The number of nitro groups is 1. The van der Waals surface area contributed by atoms with E-state index >= 15 is 0 Å². The van der Waals surface area contributed by atoms with Gasteiger partial charge in [0.05, 0.1) is 10.6 Å². The van der Waals surface area contributed by atoms with Crippen LogP contribution in [0.2, 0.25) is 0 Å². The highest BCUT2D eigenvalue weighted by atomic mass is 79.9. The van der Waals surface area contributed by atoms with Gasteiger partial charge in [-0.2, -0.15) is 0 Å². The molecule has 5 aromatic rings. The van der Waals surface area contributed by atoms with Crippen LogP contribution in [0.3, 0.4) is 0 Å². The number of nitrogens with zero attached hydrogens (tertiary/aromatic N) is 2. The third kappa shape index (κ3) is 6.49. The number of imide groups is 2. The Balaban J connectivity index is 1.28. The summed E-state index contributed by atoms with van der Waals surface area (Å²) in [6.07, 6.45) is 1.40. The van der Waals surface area contributed by atoms with Crippen LogP contribution in [0.15, 0.2) is 119 Å². The minimum absolute atomic E-state index is 0.00279. The number of carbonyl (C=O) groups is 3. The van der Waals surface area contributed by atoms with Crippen molar-refractivity contribution < 1.29 is 28.8 Å². The number of anilines is 1. The molecule has 1 heterocycles. The molecular formula is C35H24BrN3O7. The van der Waals surface area contributed by atoms with Crippen LogP contribution in [0, 0.1) is 10.1 Å². The molecule has 0 spiro atoms. The molecule has 1 aliphatic heterocycles. The number of carbonyl (C=O) groups excluding carboxylic acids is 3. The van der Waals surface area contributed by atoms with Crippen molar-refractivity contribution in [3.8, 4) is 11.5 Å². The first-order valence-corrected chi connectivity index (χ1v) is 14.8. The van der Waals surface area contributed by atoms with Gasteiger partial charge in [0.15, 0.2) is 0 Å². The smallest absolute Gasteiger partial charge is 0.335 e. The lowest BCUT2D eigenvalue weighted by Crippen LogP contribution is -2.54. The zero-order chi connectivity index (χ0) is 32.2. The van der Waals surface area contributed by atoms with Crippen LogP contribution in [-0.2, 0) is 22.8 Å². The van der Waals surface area contributed by atoms with E-state index in [2.05, 4.69) is 21.2 Å². The molecule has 1 fully saturated rings. The molecule has 4 amide bonds. The summed E-state index contributed by atoms with van der Waals surface area (Å²) in [5.41, 5.74) is 1.87. The summed E-state index contributed by atoms with van der Waals surface area (Å²) < 4.78 is 12.9. The first kappa shape index (κ1) is 30.2. The summed E-state index contributed by atoms with van der Waals surface area (Å²) in [4.78, 5) is 51.3. The molecule has 5 aromatic carbocycles. The number of fused-ring (bicyclic) bond motifs is 1. The molecule has 1 aliphatic rings. The predicted octanol–water partition coefficient (Wildman–Crippen LogP) is 7.33. The molecule has 11 heteroatoms. The van der Waals surface area contributed by atoms with Gasteiger partial charge in [-0.25, -0.2) is 9.69 Å². The fourth-order valence-corrected chi connectivity index (χ4v) is 5.21. The minimum Gasteiger partial charge on any atom is -0.489 e. The summed E-state index contributed by atoms with van der Waals surface area (Å²) in [5, 5.41) is 15.0. The maximum atomic E-state index is 13.7. The molecule has 1 N–H and O–H groups in total. The Bertz CT molecular complexity index is 2030. The number of halogens is 1. The van der Waals surface area contributed by atoms with E-state index in [-0.39, 0.29) is 23.6 Å². The van der Waals surface area contributed by atoms with Crippen LogP contribution in [0.4, 0.5) is 16.2 Å². The summed E-state index contributed by atoms with van der Waals surface area (Å²) in [6, 6.07) is 30.2. The quantitative estimate of drug-likeness (QED) is 0.0748. The van der Waals surface area contributed by atoms with E-state index < -0.39 is 22.8 Å². The Morgan fingerprint density at radius 1 is 0.804 bits per heavy atom. The first-order chi connectivity index (χ1) is 22.3. The fraction of sp³-hybridized carbons (Fsp3) is 0.0571. The highest BCUT2D eigenvalue weighted by Crippen LogP contribution is 2.33. The average Bonchev–Trinajstić information content (AvgIpc) is 3.06. The Labute approximate surface area is 271 Å². The Morgan fingerprint density at radius 2 is 1.54 bits per heavy atom. The largest absolute Gasteiger partial charge is 0.489 e. The van der Waals surface area contributed by atoms with Crippen molar-refractivity contribution in [2.45, 2.75) is 13.2 Å². The van der Waals surface area contributed by atoms with Gasteiger partial charge in [0, 0.05) is 22.2 Å². The number of rotatable bonds is 9. The van der Waals surface area contributed by atoms with Crippen molar-refractivity contribution in [3.63, 3.8) is 0 Å². The van der Waals surface area contributed by atoms with Crippen molar-refractivity contribution in [1.82, 2.24) is 5.32 Å². The van der Waals surface area contributed by atoms with Gasteiger partial charge < -0.3 is 9.47 Å². The van der Waals surface area contributed by atoms with Gasteiger partial charge in [0.25, 0.3) is 17.5 Å². The molecule has 6 rings (SSSR count). The summed E-state index contributed by atoms with van der Waals surface area (Å²) in [5.74, 6) is -0.785. The normalized spacial score (nSPS) is 14.0. The first-order valence-electron chi connectivity index (χ1n) is 14.0. The van der Waals surface area contributed by atoms with Gasteiger partial charge in [-0.3, -0.25) is 25.0 Å². The summed E-state index contributed by atoms with van der Waals surface area (Å²) in [7, 11) is 0. The number of nitrogens with one attached hydrogen (secondary N) is 1. The van der Waals surface area contributed by atoms with Crippen LogP contribution in [0.1, 0.15) is 16.7 Å². The van der Waals surface area contributed by atoms with Crippen molar-refractivity contribution in [2.75, 3.05) is 4.90 Å². The zero-order valence-corrected chi connectivity index (χ0v) is 25.6. The van der Waals surface area contributed by atoms with E-state index in [1.807, 2.05) is 54.6 Å². The number of barbiturate groups is 1. The zero-order valence-electron chi connectivity index (χ0n) is 24.0. The number of hydrogen-bond acceptors (Lipinski definition) is 7. The molecule has 0 bridgehead atoms. The Hall–Kier alpha value is -5.81. The van der Waals surface area contributed by atoms with Crippen molar-refractivity contribution in [3.05, 3.63) is 146 Å². The Morgan fingerprint density at radius 3 is 2.30 bits per heavy atom. The fourth-order valence-electron chi connectivity index (χ4n) is 4.95. The number of hydrogen-bond donors (Lipinski definition) is 1. The number of benzene rings is 5. The van der Waals surface area contributed by atoms with Crippen molar-refractivity contribution in [1.29, 1.82) is 0 Å². The number of urea groups is 1. The van der Waals surface area contributed by atoms with Crippen molar-refractivity contribution >= 4 is 62.0 Å². The maximum Gasteiger partial charge on any atom is 0.335 e. The molecule has 1 saturated heterocycles. The van der Waals surface area contributed by atoms with E-state index in [4.69, 9.17) is 9.47 Å². The third-order valence-electron chi connectivity index (χ3n) is 7.25. The van der Waals surface area contributed by atoms with Crippen LogP contribution < -0.4 is 19.7 Å². The molecule has 0 unspecified atom stereocenters. The number of non-ortho nitro benzene ring substituents is 1. The minimum atomic E-state index is -0.879. The van der Waals surface area contributed by atoms with Crippen LogP contribution in [0.5, 0.6) is 11.5 Å². The van der Waals surface area contributed by atoms with E-state index in [9.17, 15) is 24.5 Å². The SMILES string of the molecule is O=C1NC(=O)N(c2ccc(OCc3ccc(Br)cc3)cc2)C(=O)/C1=C/c1c(OCc2cccc([N+](=O)[O-])c2)ccc2ccccc12. The summed E-state index contributed by atoms with van der Waals surface area (Å²) >= 11 is 3.40. The lowest BCUT2D eigenvalue weighted by atomic mass is 9.99. The van der Waals surface area contributed by atoms with Gasteiger partial charge in [0.2, 0.25) is 0 Å². The van der Waals surface area contributed by atoms with Crippen molar-refractivity contribution in [2.24, 2.45) is 0 Å². The molecule has 0 radical (unpaired) electrons. The van der Waals surface area contributed by atoms with Gasteiger partial charge in [-0.15, -0.1) is 0 Å². The van der Waals surface area contributed by atoms with E-state index in [0.29, 0.717) is 34.6 Å². The van der Waals surface area contributed by atoms with E-state index in [1.54, 1.807) is 42.5 Å². The predicted molar refractivity (Wildman–Crippen MR) is 175 cm³/mol. The molecule has 46 heavy (non-hydrogen) atoms. The lowest BCUT2D eigenvalue weighted by molar-refractivity contribution is -0.384. The van der Waals surface area contributed by atoms with Gasteiger partial charge >= 0.3 is 6.03 Å². The van der Waals surface area contributed by atoms with E-state index in [1.165, 1.54) is 18.2 Å². The monoisotopic (exact) mass is 677 g/mol. The number of ether oxygens (including phenoxy) is 2. The average molecular weight is 678 g/mol. The lowest BCUT2D eigenvalue weighted by Gasteiger charge is -2.26. The molecule has 0 aromatic heterocycles. The molecule has 0 aliphatic carbocycles. The second-order valence-electron chi connectivity index (χ2n) is 10.3. The number of nitro benzene ring substituents is 1. The molecule has 228 valence electrons. The van der Waals surface area contributed by atoms with Crippen LogP contribution in [-0.4, -0.2) is 22.8 Å². The van der Waals surface area contributed by atoms with Crippen LogP contribution >= 0.6 is 15.9 Å². The summed E-state index contributed by atoms with van der Waals surface area (Å²) in [6.45, 7) is 0.324. The second-order valence-corrected chi connectivity index (χ2v) is 11.2. The highest BCUT2D eigenvalue weighted by Gasteiger charge is 2.37. The highest BCUT2D eigenvalue weighted by molar-refractivity contribution is 9.10. The van der Waals surface area contributed by atoms with Gasteiger partial charge in [0.1, 0.15) is 30.3 Å². The topological polar surface area (TPSA) is 128 Å². The maximum absolute atomic E-state index is 13.7. The molecular weight excluding hydrogens is 654 g/mol. The van der Waals surface area contributed by atoms with Gasteiger partial charge in [-0.1, -0.05) is 70.5 Å². The Kier molecular flexibility index (Phi) is 8.57. The number of amides is 4. The standard InChI is InChI=1S/C35H24BrN3O7/c36-25-11-8-22(9-12-25)20-45-28-15-13-26(14-16-28)38-34(41)31(33(40)37-35(38)42)19-30-29-7-2-1-5-24(29)10-17-32(30)46-21-23-4-3-6-27(18-23)39(43)44/h1-19H,20-21H2,(H,37,40,42)/b31-19+. The second kappa shape index (κ2) is 13.0. The van der Waals surface area contributed by atoms with Gasteiger partial charge in [-0.05, 0) is 70.4 Å². The third-order valence-corrected chi connectivity index (χ3v) is 7.78. The molecule has 0 atom stereocenters. The van der Waals surface area contributed by atoms with Crippen LogP contribution in [0.25, 0.3) is 16.8 Å². The molecule has 10 nitrogen and oxygen atoms in total. The van der Waals surface area contributed by atoms with E-state index in [0.717, 1.165) is 20.3 Å².